The van der Waals surface area contributed by atoms with E-state index in [0.717, 1.165) is 10.6 Å². The summed E-state index contributed by atoms with van der Waals surface area (Å²) in [7, 11) is 0.643. The topological polar surface area (TPSA) is 94.2 Å². The molecule has 0 fully saturated rings. The Morgan fingerprint density at radius 2 is 1.69 bits per heavy atom. The Bertz CT molecular complexity index is 1060. The first-order chi connectivity index (χ1) is 15.1. The molecule has 0 spiro atoms. The summed E-state index contributed by atoms with van der Waals surface area (Å²) >= 11 is 6.12. The highest BCUT2D eigenvalue weighted by molar-refractivity contribution is 7.92. The van der Waals surface area contributed by atoms with Gasteiger partial charge in [0, 0.05) is 10.6 Å². The molecular weight excluding hydrogens is 456 g/mol. The number of rotatable bonds is 10. The number of amides is 1. The van der Waals surface area contributed by atoms with Gasteiger partial charge in [0.2, 0.25) is 15.9 Å². The number of benzene rings is 2. The van der Waals surface area contributed by atoms with Gasteiger partial charge in [0.1, 0.15) is 23.3 Å². The van der Waals surface area contributed by atoms with Crippen LogP contribution in [-0.4, -0.2) is 48.0 Å². The molecule has 0 aromatic heterocycles. The zero-order valence-electron chi connectivity index (χ0n) is 19.0. The second kappa shape index (κ2) is 10.8. The minimum Gasteiger partial charge on any atom is -0.497 e. The van der Waals surface area contributed by atoms with E-state index in [1.807, 2.05) is 0 Å². The van der Waals surface area contributed by atoms with Gasteiger partial charge in [-0.2, -0.15) is 0 Å². The van der Waals surface area contributed by atoms with Crippen molar-refractivity contribution in [2.45, 2.75) is 32.4 Å². The Kier molecular flexibility index (Phi) is 8.63. The van der Waals surface area contributed by atoms with Gasteiger partial charge in [0.25, 0.3) is 0 Å². The highest BCUT2D eigenvalue weighted by Gasteiger charge is 2.34. The number of halogens is 1. The summed E-state index contributed by atoms with van der Waals surface area (Å²) < 4.78 is 42.6. The zero-order valence-corrected chi connectivity index (χ0v) is 20.6. The predicted molar refractivity (Wildman–Crippen MR) is 126 cm³/mol. The molecule has 0 aliphatic carbocycles. The summed E-state index contributed by atoms with van der Waals surface area (Å²) in [5.74, 6) is 0.990. The molecule has 0 unspecified atom stereocenters. The molecule has 0 radical (unpaired) electrons. The quantitative estimate of drug-likeness (QED) is 0.551. The van der Waals surface area contributed by atoms with Gasteiger partial charge >= 0.3 is 0 Å². The van der Waals surface area contributed by atoms with E-state index < -0.39 is 28.0 Å². The number of carbonyl (C=O) groups is 1. The lowest BCUT2D eigenvalue weighted by molar-refractivity contribution is -0.122. The fourth-order valence-electron chi connectivity index (χ4n) is 3.44. The second-order valence-electron chi connectivity index (χ2n) is 7.14. The smallest absolute Gasteiger partial charge is 0.244 e. The van der Waals surface area contributed by atoms with Crippen LogP contribution in [0.25, 0.3) is 0 Å². The third-order valence-electron chi connectivity index (χ3n) is 4.97. The summed E-state index contributed by atoms with van der Waals surface area (Å²) in [4.78, 5) is 13.3. The number of carbonyl (C=O) groups excluding carboxylic acids is 1. The van der Waals surface area contributed by atoms with Crippen molar-refractivity contribution in [2.24, 2.45) is 0 Å². The van der Waals surface area contributed by atoms with Crippen LogP contribution in [0.3, 0.4) is 0 Å². The molecule has 0 heterocycles. The van der Waals surface area contributed by atoms with Crippen LogP contribution in [0.1, 0.15) is 31.9 Å². The standard InChI is InChI=1S/C22H29ClN2O6S/c1-7-18(25(32(6,27)28)19-12-15(23)8-10-21(19)31-5)22(26)24-14(2)17-13-16(29-3)9-11-20(17)30-4/h8-14,18H,7H2,1-6H3,(H,24,26)/t14-,18+/m1/s1. The number of methoxy groups -OCH3 is 3. The molecule has 2 atom stereocenters. The van der Waals surface area contributed by atoms with Gasteiger partial charge in [0.05, 0.1) is 39.3 Å². The predicted octanol–water partition coefficient (Wildman–Crippen LogP) is 3.79. The molecule has 0 aliphatic heterocycles. The zero-order chi connectivity index (χ0) is 24.1. The lowest BCUT2D eigenvalue weighted by atomic mass is 10.1. The summed E-state index contributed by atoms with van der Waals surface area (Å²) in [5.41, 5.74) is 0.886. The number of nitrogens with zero attached hydrogens (tertiary/aromatic N) is 1. The van der Waals surface area contributed by atoms with Gasteiger partial charge in [-0.15, -0.1) is 0 Å². The Morgan fingerprint density at radius 1 is 1.06 bits per heavy atom. The molecule has 32 heavy (non-hydrogen) atoms. The molecular formula is C22H29ClN2O6S. The molecule has 0 bridgehead atoms. The average Bonchev–Trinajstić information content (AvgIpc) is 2.75. The first kappa shape index (κ1) is 25.6. The van der Waals surface area contributed by atoms with Gasteiger partial charge in [-0.1, -0.05) is 18.5 Å². The fourth-order valence-corrected chi connectivity index (χ4v) is 4.81. The highest BCUT2D eigenvalue weighted by atomic mass is 35.5. The van der Waals surface area contributed by atoms with E-state index in [0.29, 0.717) is 22.1 Å². The molecule has 176 valence electrons. The van der Waals surface area contributed by atoms with E-state index >= 15 is 0 Å². The van der Waals surface area contributed by atoms with Crippen molar-refractivity contribution in [3.05, 3.63) is 47.0 Å². The molecule has 0 saturated heterocycles. The number of anilines is 1. The van der Waals surface area contributed by atoms with Gasteiger partial charge in [-0.3, -0.25) is 9.10 Å². The molecule has 1 N–H and O–H groups in total. The van der Waals surface area contributed by atoms with Crippen molar-refractivity contribution in [1.82, 2.24) is 5.32 Å². The SMILES string of the molecule is CC[C@@H](C(=O)N[C@H](C)c1cc(OC)ccc1OC)N(c1cc(Cl)ccc1OC)S(C)(=O)=O. The third-order valence-corrected chi connectivity index (χ3v) is 6.37. The molecule has 8 nitrogen and oxygen atoms in total. The van der Waals surface area contributed by atoms with Crippen molar-refractivity contribution in [1.29, 1.82) is 0 Å². The largest absolute Gasteiger partial charge is 0.497 e. The lowest BCUT2D eigenvalue weighted by Gasteiger charge is -2.32. The monoisotopic (exact) mass is 484 g/mol. The number of sulfonamides is 1. The Labute approximate surface area is 194 Å². The van der Waals surface area contributed by atoms with Crippen molar-refractivity contribution >= 4 is 33.2 Å². The van der Waals surface area contributed by atoms with E-state index in [4.69, 9.17) is 25.8 Å². The minimum absolute atomic E-state index is 0.191. The Hall–Kier alpha value is -2.65. The van der Waals surface area contributed by atoms with Crippen LogP contribution in [0.15, 0.2) is 36.4 Å². The van der Waals surface area contributed by atoms with E-state index in [1.165, 1.54) is 20.3 Å². The first-order valence-corrected chi connectivity index (χ1v) is 12.1. The summed E-state index contributed by atoms with van der Waals surface area (Å²) in [6.45, 7) is 3.52. The molecule has 1 amide bonds. The molecule has 0 aliphatic rings. The van der Waals surface area contributed by atoms with Crippen LogP contribution in [0.2, 0.25) is 5.02 Å². The van der Waals surface area contributed by atoms with Gasteiger partial charge in [0.15, 0.2) is 0 Å². The minimum atomic E-state index is -3.86. The molecule has 2 aromatic carbocycles. The van der Waals surface area contributed by atoms with E-state index in [9.17, 15) is 13.2 Å². The van der Waals surface area contributed by atoms with Gasteiger partial charge < -0.3 is 19.5 Å². The third kappa shape index (κ3) is 5.77. The van der Waals surface area contributed by atoms with Crippen LogP contribution in [0, 0.1) is 0 Å². The van der Waals surface area contributed by atoms with E-state index in [-0.39, 0.29) is 17.9 Å². The fraction of sp³-hybridized carbons (Fsp3) is 0.409. The van der Waals surface area contributed by atoms with E-state index in [2.05, 4.69) is 5.32 Å². The summed E-state index contributed by atoms with van der Waals surface area (Å²) in [6, 6.07) is 8.36. The number of hydrogen-bond acceptors (Lipinski definition) is 6. The molecule has 2 rings (SSSR count). The van der Waals surface area contributed by atoms with Crippen molar-refractivity contribution in [3.8, 4) is 17.2 Å². The summed E-state index contributed by atoms with van der Waals surface area (Å²) in [5, 5.41) is 3.21. The molecule has 0 saturated carbocycles. The van der Waals surface area contributed by atoms with Gasteiger partial charge in [-0.25, -0.2) is 8.42 Å². The average molecular weight is 485 g/mol. The van der Waals surface area contributed by atoms with Crippen LogP contribution >= 0.6 is 11.6 Å². The van der Waals surface area contributed by atoms with Crippen LogP contribution in [0.5, 0.6) is 17.2 Å². The van der Waals surface area contributed by atoms with Crippen LogP contribution in [-0.2, 0) is 14.8 Å². The second-order valence-corrected chi connectivity index (χ2v) is 9.43. The lowest BCUT2D eigenvalue weighted by Crippen LogP contribution is -2.49. The van der Waals surface area contributed by atoms with Crippen molar-refractivity contribution in [2.75, 3.05) is 31.9 Å². The molecule has 10 heteroatoms. The normalized spacial score (nSPS) is 13.1. The Morgan fingerprint density at radius 3 is 2.22 bits per heavy atom. The van der Waals surface area contributed by atoms with Crippen molar-refractivity contribution < 1.29 is 27.4 Å². The van der Waals surface area contributed by atoms with E-state index in [1.54, 1.807) is 51.3 Å². The maximum Gasteiger partial charge on any atom is 0.244 e. The number of ether oxygens (including phenoxy) is 3. The first-order valence-electron chi connectivity index (χ1n) is 9.92. The van der Waals surface area contributed by atoms with Crippen LogP contribution < -0.4 is 23.8 Å². The summed E-state index contributed by atoms with van der Waals surface area (Å²) in [6.07, 6.45) is 1.26. The maximum atomic E-state index is 13.3. The highest BCUT2D eigenvalue weighted by Crippen LogP contribution is 2.35. The van der Waals surface area contributed by atoms with Crippen LogP contribution in [0.4, 0.5) is 5.69 Å². The number of hydrogen-bond donors (Lipinski definition) is 1. The molecule has 2 aromatic rings. The van der Waals surface area contributed by atoms with Crippen molar-refractivity contribution in [3.63, 3.8) is 0 Å². The Balaban J connectivity index is 2.45. The number of nitrogens with one attached hydrogen (secondary N) is 1. The maximum absolute atomic E-state index is 13.3. The van der Waals surface area contributed by atoms with Gasteiger partial charge in [-0.05, 0) is 49.7 Å².